The van der Waals surface area contributed by atoms with Gasteiger partial charge in [-0.25, -0.2) is 9.78 Å². The molecule has 2 aromatic carbocycles. The molecule has 1 unspecified atom stereocenters. The van der Waals surface area contributed by atoms with E-state index in [1.54, 1.807) is 37.4 Å². The van der Waals surface area contributed by atoms with Gasteiger partial charge in [-0.2, -0.15) is 0 Å². The van der Waals surface area contributed by atoms with Crippen LogP contribution in [0.2, 0.25) is 5.15 Å². The second-order valence-corrected chi connectivity index (χ2v) is 6.54. The summed E-state index contributed by atoms with van der Waals surface area (Å²) >= 11 is 5.86. The number of methoxy groups -OCH3 is 1. The highest BCUT2D eigenvalue weighted by Gasteiger charge is 2.16. The number of nitrogens with zero attached hydrogens (tertiary/aromatic N) is 1. The third-order valence-corrected chi connectivity index (χ3v) is 4.42. The van der Waals surface area contributed by atoms with E-state index in [0.29, 0.717) is 22.0 Å². The maximum atomic E-state index is 12.2. The number of nitrogens with one attached hydrogen (secondary N) is 1. The molecule has 6 nitrogen and oxygen atoms in total. The van der Waals surface area contributed by atoms with Crippen molar-refractivity contribution in [1.29, 1.82) is 0 Å². The largest absolute Gasteiger partial charge is 0.496 e. The molecular weight excluding hydrogens is 380 g/mol. The van der Waals surface area contributed by atoms with E-state index >= 15 is 0 Å². The normalized spacial score (nSPS) is 11.7. The predicted octanol–water partition coefficient (Wildman–Crippen LogP) is 3.93. The number of hydrogen-bond donors (Lipinski definition) is 1. The van der Waals surface area contributed by atoms with Gasteiger partial charge in [-0.15, -0.1) is 0 Å². The Morgan fingerprint density at radius 3 is 2.71 bits per heavy atom. The van der Waals surface area contributed by atoms with Crippen LogP contribution < -0.4 is 10.1 Å². The number of para-hydroxylation sites is 1. The van der Waals surface area contributed by atoms with Crippen molar-refractivity contribution in [3.05, 3.63) is 70.9 Å². The van der Waals surface area contributed by atoms with Crippen LogP contribution >= 0.6 is 11.6 Å². The molecule has 1 heterocycles. The van der Waals surface area contributed by atoms with Crippen molar-refractivity contribution < 1.29 is 19.1 Å². The highest BCUT2D eigenvalue weighted by Crippen LogP contribution is 2.24. The van der Waals surface area contributed by atoms with E-state index in [9.17, 15) is 9.59 Å². The van der Waals surface area contributed by atoms with Gasteiger partial charge in [0.25, 0.3) is 5.91 Å². The number of rotatable bonds is 6. The van der Waals surface area contributed by atoms with Gasteiger partial charge in [0.1, 0.15) is 10.9 Å². The fraction of sp³-hybridized carbons (Fsp3) is 0.190. The molecule has 0 saturated heterocycles. The van der Waals surface area contributed by atoms with E-state index in [0.717, 1.165) is 10.9 Å². The lowest BCUT2D eigenvalue weighted by Gasteiger charge is -2.17. The number of aromatic nitrogens is 1. The number of pyridine rings is 1. The van der Waals surface area contributed by atoms with Gasteiger partial charge in [0.15, 0.2) is 6.61 Å². The Morgan fingerprint density at radius 1 is 1.14 bits per heavy atom. The Kier molecular flexibility index (Phi) is 6.11. The van der Waals surface area contributed by atoms with Gasteiger partial charge >= 0.3 is 5.97 Å². The van der Waals surface area contributed by atoms with Crippen molar-refractivity contribution in [1.82, 2.24) is 10.3 Å². The molecule has 0 fully saturated rings. The van der Waals surface area contributed by atoms with E-state index in [4.69, 9.17) is 21.1 Å². The molecule has 28 heavy (non-hydrogen) atoms. The molecule has 0 aliphatic rings. The molecule has 144 valence electrons. The monoisotopic (exact) mass is 398 g/mol. The van der Waals surface area contributed by atoms with Gasteiger partial charge in [0.05, 0.1) is 24.2 Å². The molecular formula is C21H19ClN2O4. The molecule has 1 N–H and O–H groups in total. The lowest BCUT2D eigenvalue weighted by Crippen LogP contribution is -2.31. The van der Waals surface area contributed by atoms with E-state index in [1.807, 2.05) is 31.2 Å². The van der Waals surface area contributed by atoms with Crippen molar-refractivity contribution >= 4 is 34.4 Å². The second-order valence-electron chi connectivity index (χ2n) is 6.15. The molecule has 1 atom stereocenters. The zero-order valence-electron chi connectivity index (χ0n) is 15.4. The topological polar surface area (TPSA) is 77.5 Å². The number of carbonyl (C=O) groups is 2. The van der Waals surface area contributed by atoms with Crippen molar-refractivity contribution in [3.63, 3.8) is 0 Å². The van der Waals surface area contributed by atoms with E-state index in [1.165, 1.54) is 0 Å². The minimum atomic E-state index is -0.586. The van der Waals surface area contributed by atoms with Crippen molar-refractivity contribution in [2.24, 2.45) is 0 Å². The number of fused-ring (bicyclic) bond motifs is 1. The van der Waals surface area contributed by atoms with Crippen LogP contribution in [0, 0.1) is 0 Å². The first-order valence-electron chi connectivity index (χ1n) is 8.63. The van der Waals surface area contributed by atoms with E-state index in [2.05, 4.69) is 10.3 Å². The Hall–Kier alpha value is -3.12. The van der Waals surface area contributed by atoms with Crippen LogP contribution in [0.5, 0.6) is 5.75 Å². The van der Waals surface area contributed by atoms with Crippen LogP contribution in [0.3, 0.4) is 0 Å². The van der Waals surface area contributed by atoms with Crippen LogP contribution in [0.4, 0.5) is 0 Å². The van der Waals surface area contributed by atoms with Gasteiger partial charge in [0.2, 0.25) is 0 Å². The molecule has 0 spiro atoms. The summed E-state index contributed by atoms with van der Waals surface area (Å²) in [5.41, 5.74) is 1.85. The maximum Gasteiger partial charge on any atom is 0.338 e. The number of esters is 1. The van der Waals surface area contributed by atoms with Gasteiger partial charge < -0.3 is 14.8 Å². The average molecular weight is 399 g/mol. The smallest absolute Gasteiger partial charge is 0.338 e. The first kappa shape index (κ1) is 19.6. The molecule has 1 amide bonds. The van der Waals surface area contributed by atoms with Gasteiger partial charge in [-0.3, -0.25) is 4.79 Å². The Bertz CT molecular complexity index is 1020. The van der Waals surface area contributed by atoms with E-state index < -0.39 is 11.9 Å². The lowest BCUT2D eigenvalue weighted by molar-refractivity contribution is -0.124. The van der Waals surface area contributed by atoms with Gasteiger partial charge in [0, 0.05) is 10.9 Å². The first-order chi connectivity index (χ1) is 13.5. The average Bonchev–Trinajstić information content (AvgIpc) is 2.71. The van der Waals surface area contributed by atoms with Crippen LogP contribution in [-0.4, -0.2) is 30.6 Å². The number of hydrogen-bond acceptors (Lipinski definition) is 5. The fourth-order valence-corrected chi connectivity index (χ4v) is 2.98. The number of amides is 1. The Labute approximate surface area is 167 Å². The van der Waals surface area contributed by atoms with Crippen LogP contribution in [-0.2, 0) is 9.53 Å². The quantitative estimate of drug-likeness (QED) is 0.502. The van der Waals surface area contributed by atoms with Gasteiger partial charge in [-0.1, -0.05) is 29.8 Å². The van der Waals surface area contributed by atoms with Crippen LogP contribution in [0.25, 0.3) is 10.9 Å². The van der Waals surface area contributed by atoms with Crippen LogP contribution in [0.15, 0.2) is 54.6 Å². The van der Waals surface area contributed by atoms with Crippen molar-refractivity contribution in [3.8, 4) is 5.75 Å². The Balaban J connectivity index is 1.59. The first-order valence-corrected chi connectivity index (χ1v) is 9.01. The summed E-state index contributed by atoms with van der Waals surface area (Å²) in [7, 11) is 1.57. The molecule has 3 aromatic rings. The zero-order chi connectivity index (χ0) is 20.1. The third-order valence-electron chi connectivity index (χ3n) is 4.21. The minimum absolute atomic E-state index is 0.293. The summed E-state index contributed by atoms with van der Waals surface area (Å²) in [5, 5.41) is 3.93. The number of benzene rings is 2. The summed E-state index contributed by atoms with van der Waals surface area (Å²) in [6.45, 7) is 1.45. The Morgan fingerprint density at radius 2 is 1.93 bits per heavy atom. The molecule has 1 aromatic heterocycles. The predicted molar refractivity (Wildman–Crippen MR) is 107 cm³/mol. The molecule has 0 radical (unpaired) electrons. The van der Waals surface area contributed by atoms with Crippen molar-refractivity contribution in [2.75, 3.05) is 13.7 Å². The standard InChI is InChI=1S/C21H19ClN2O4/c1-13(16-5-3-4-6-18(16)27-2)23-20(25)12-28-21(26)15-7-9-17-14(11-15)8-10-19(22)24-17/h3-11,13H,12H2,1-2H3,(H,23,25). The minimum Gasteiger partial charge on any atom is -0.496 e. The SMILES string of the molecule is COc1ccccc1C(C)NC(=O)COC(=O)c1ccc2nc(Cl)ccc2c1. The summed E-state index contributed by atoms with van der Waals surface area (Å²) in [6.07, 6.45) is 0. The molecule has 0 aliphatic heterocycles. The highest BCUT2D eigenvalue weighted by molar-refractivity contribution is 6.29. The molecule has 0 bridgehead atoms. The van der Waals surface area contributed by atoms with Crippen LogP contribution in [0.1, 0.15) is 28.9 Å². The fourth-order valence-electron chi connectivity index (χ4n) is 2.83. The maximum absolute atomic E-state index is 12.2. The highest BCUT2D eigenvalue weighted by atomic mass is 35.5. The number of carbonyl (C=O) groups excluding carboxylic acids is 2. The molecule has 0 saturated carbocycles. The van der Waals surface area contributed by atoms with E-state index in [-0.39, 0.29) is 12.6 Å². The lowest BCUT2D eigenvalue weighted by atomic mass is 10.1. The molecule has 0 aliphatic carbocycles. The zero-order valence-corrected chi connectivity index (χ0v) is 16.2. The second kappa shape index (κ2) is 8.71. The summed E-state index contributed by atoms with van der Waals surface area (Å²) < 4.78 is 10.4. The number of halogens is 1. The molecule has 3 rings (SSSR count). The summed E-state index contributed by atoms with van der Waals surface area (Å²) in [4.78, 5) is 28.6. The summed E-state index contributed by atoms with van der Waals surface area (Å²) in [5.74, 6) is -0.310. The van der Waals surface area contributed by atoms with Gasteiger partial charge in [-0.05, 0) is 43.3 Å². The van der Waals surface area contributed by atoms with Crippen molar-refractivity contribution in [2.45, 2.75) is 13.0 Å². The molecule has 7 heteroatoms. The third kappa shape index (κ3) is 4.58. The number of ether oxygens (including phenoxy) is 2. The summed E-state index contributed by atoms with van der Waals surface area (Å²) in [6, 6.07) is 15.4.